The summed E-state index contributed by atoms with van der Waals surface area (Å²) in [6.07, 6.45) is -4.69. The Morgan fingerprint density at radius 1 is 0.420 bits per heavy atom. The second-order valence-corrected chi connectivity index (χ2v) is 10.1. The van der Waals surface area contributed by atoms with Gasteiger partial charge >= 0.3 is 6.18 Å². The molecule has 50 heavy (non-hydrogen) atoms. The van der Waals surface area contributed by atoms with E-state index in [2.05, 4.69) is 67.3 Å². The Morgan fingerprint density at radius 3 is 0.920 bits per heavy atom. The van der Waals surface area contributed by atoms with Gasteiger partial charge in [-0.1, -0.05) is 47.4 Å². The standard InChI is InChI=1S/C35H33F3N12/c36-35(37,38)30-20-28(26-15-22(5-1-9-47-31(39)40)13-23(16-26)6-2-10-48-32(41)42)19-29(21-30)27-17-24(7-3-11-49-33(43)44)14-25(18-27)8-4-12-50-34(45)46/h13-21H,9-12H2,(H4,39,40,47)(H4,41,42,48)(H4,43,44,49)(H4,45,46,50). The van der Waals surface area contributed by atoms with Crippen LogP contribution in [0.5, 0.6) is 0 Å². The van der Waals surface area contributed by atoms with E-state index in [1.807, 2.05) is 0 Å². The van der Waals surface area contributed by atoms with E-state index in [0.717, 1.165) is 12.1 Å². The second-order valence-electron chi connectivity index (χ2n) is 10.1. The van der Waals surface area contributed by atoms with E-state index < -0.39 is 11.7 Å². The Bertz CT molecular complexity index is 1850. The van der Waals surface area contributed by atoms with Crippen molar-refractivity contribution in [3.8, 4) is 69.6 Å². The minimum absolute atomic E-state index is 0.00808. The van der Waals surface area contributed by atoms with Gasteiger partial charge in [0.1, 0.15) is 26.2 Å². The van der Waals surface area contributed by atoms with E-state index >= 15 is 0 Å². The monoisotopic (exact) mass is 678 g/mol. The molecule has 3 aromatic carbocycles. The molecule has 15 heteroatoms. The number of guanidine groups is 4. The molecule has 0 heterocycles. The van der Waals surface area contributed by atoms with Crippen LogP contribution in [-0.2, 0) is 6.18 Å². The van der Waals surface area contributed by atoms with Crippen molar-refractivity contribution in [2.75, 3.05) is 26.2 Å². The number of nitrogens with two attached hydrogens (primary N) is 8. The average molecular weight is 679 g/mol. The zero-order valence-electron chi connectivity index (χ0n) is 26.6. The van der Waals surface area contributed by atoms with E-state index in [0.29, 0.717) is 33.4 Å². The first-order valence-electron chi connectivity index (χ1n) is 14.4. The molecule has 0 amide bonds. The van der Waals surface area contributed by atoms with Crippen molar-refractivity contribution >= 4 is 23.8 Å². The average Bonchev–Trinajstić information content (AvgIpc) is 3.04. The Balaban J connectivity index is 2.26. The molecule has 0 saturated heterocycles. The smallest absolute Gasteiger partial charge is 0.370 e. The van der Waals surface area contributed by atoms with Gasteiger partial charge in [0.25, 0.3) is 0 Å². The van der Waals surface area contributed by atoms with Gasteiger partial charge in [-0.05, 0) is 76.9 Å². The third kappa shape index (κ3) is 12.9. The van der Waals surface area contributed by atoms with Gasteiger partial charge in [-0.25, -0.2) is 20.0 Å². The minimum atomic E-state index is -4.69. The summed E-state index contributed by atoms with van der Waals surface area (Å²) in [6.45, 7) is 0.0323. The van der Waals surface area contributed by atoms with E-state index in [1.165, 1.54) is 0 Å². The number of hydrogen-bond donors (Lipinski definition) is 8. The zero-order chi connectivity index (χ0) is 36.7. The van der Waals surface area contributed by atoms with Crippen LogP contribution in [0.3, 0.4) is 0 Å². The normalized spacial score (nSPS) is 9.82. The minimum Gasteiger partial charge on any atom is -0.370 e. The van der Waals surface area contributed by atoms with Crippen LogP contribution in [0.4, 0.5) is 13.2 Å². The van der Waals surface area contributed by atoms with Crippen LogP contribution >= 0.6 is 0 Å². The van der Waals surface area contributed by atoms with Crippen LogP contribution in [0.1, 0.15) is 27.8 Å². The molecule has 0 bridgehead atoms. The molecule has 0 spiro atoms. The topological polar surface area (TPSA) is 258 Å². The van der Waals surface area contributed by atoms with Gasteiger partial charge in [-0.3, -0.25) is 0 Å². The molecule has 0 aliphatic carbocycles. The maximum absolute atomic E-state index is 14.4. The van der Waals surface area contributed by atoms with Gasteiger partial charge < -0.3 is 45.9 Å². The molecule has 0 aliphatic rings. The molecule has 0 unspecified atom stereocenters. The lowest BCUT2D eigenvalue weighted by Gasteiger charge is -2.14. The Labute approximate surface area is 287 Å². The summed E-state index contributed by atoms with van der Waals surface area (Å²) in [5, 5.41) is 0. The summed E-state index contributed by atoms with van der Waals surface area (Å²) in [4.78, 5) is 15.3. The molecule has 0 aromatic heterocycles. The Kier molecular flexibility index (Phi) is 13.1. The van der Waals surface area contributed by atoms with Crippen LogP contribution in [0.2, 0.25) is 0 Å². The van der Waals surface area contributed by atoms with Crippen molar-refractivity contribution in [3.63, 3.8) is 0 Å². The molecular formula is C35H33F3N12. The predicted molar refractivity (Wildman–Crippen MR) is 193 cm³/mol. The summed E-state index contributed by atoms with van der Waals surface area (Å²) in [5.74, 6) is 22.4. The number of nitrogens with zero attached hydrogens (tertiary/aromatic N) is 4. The molecule has 12 nitrogen and oxygen atoms in total. The van der Waals surface area contributed by atoms with E-state index in [9.17, 15) is 13.2 Å². The van der Waals surface area contributed by atoms with E-state index in [4.69, 9.17) is 45.9 Å². The summed E-state index contributed by atoms with van der Waals surface area (Å²) in [5.41, 5.74) is 45.2. The third-order valence-electron chi connectivity index (χ3n) is 6.09. The number of hydrogen-bond acceptors (Lipinski definition) is 4. The molecule has 254 valence electrons. The fraction of sp³-hybridized carbons (Fsp3) is 0.143. The van der Waals surface area contributed by atoms with Crippen molar-refractivity contribution in [2.24, 2.45) is 65.8 Å². The van der Waals surface area contributed by atoms with Crippen LogP contribution < -0.4 is 45.9 Å². The van der Waals surface area contributed by atoms with Gasteiger partial charge in [0.05, 0.1) is 5.56 Å². The molecular weight excluding hydrogens is 645 g/mol. The SMILES string of the molecule is NC(N)=NCC#Cc1cc(C#CCN=C(N)N)cc(-c2cc(-c3cc(C#CCN=C(N)N)cc(C#CCN=C(N)N)c3)cc(C(F)(F)F)c2)c1. The van der Waals surface area contributed by atoms with Crippen LogP contribution in [-0.4, -0.2) is 50.0 Å². The van der Waals surface area contributed by atoms with Gasteiger partial charge in [-0.15, -0.1) is 0 Å². The third-order valence-corrected chi connectivity index (χ3v) is 6.09. The molecule has 16 N–H and O–H groups in total. The number of benzene rings is 3. The molecule has 3 aromatic rings. The molecule has 0 fully saturated rings. The van der Waals surface area contributed by atoms with Gasteiger partial charge in [-0.2, -0.15) is 13.2 Å². The van der Waals surface area contributed by atoms with Crippen molar-refractivity contribution in [2.45, 2.75) is 6.18 Å². The highest BCUT2D eigenvalue weighted by Gasteiger charge is 2.31. The molecule has 0 saturated carbocycles. The summed E-state index contributed by atoms with van der Waals surface area (Å²) < 4.78 is 43.1. The fourth-order valence-corrected chi connectivity index (χ4v) is 4.09. The zero-order valence-corrected chi connectivity index (χ0v) is 26.6. The van der Waals surface area contributed by atoms with Gasteiger partial charge in [0.15, 0.2) is 23.8 Å². The summed E-state index contributed by atoms with van der Waals surface area (Å²) >= 11 is 0. The number of aliphatic imine (C=N–C) groups is 4. The lowest BCUT2D eigenvalue weighted by molar-refractivity contribution is -0.137. The van der Waals surface area contributed by atoms with Gasteiger partial charge in [0, 0.05) is 22.3 Å². The number of alkyl halides is 3. The highest BCUT2D eigenvalue weighted by atomic mass is 19.4. The first-order valence-corrected chi connectivity index (χ1v) is 14.4. The lowest BCUT2D eigenvalue weighted by atomic mass is 9.92. The first kappa shape index (κ1) is 37.2. The maximum atomic E-state index is 14.4. The van der Waals surface area contributed by atoms with Crippen molar-refractivity contribution < 1.29 is 13.2 Å². The van der Waals surface area contributed by atoms with Crippen molar-refractivity contribution in [3.05, 3.63) is 82.4 Å². The lowest BCUT2D eigenvalue weighted by Crippen LogP contribution is -2.22. The fourth-order valence-electron chi connectivity index (χ4n) is 4.09. The van der Waals surface area contributed by atoms with Crippen LogP contribution in [0, 0.1) is 47.4 Å². The van der Waals surface area contributed by atoms with E-state index in [-0.39, 0.29) is 61.1 Å². The summed E-state index contributed by atoms with van der Waals surface area (Å²) in [6, 6.07) is 13.6. The highest BCUT2D eigenvalue weighted by molar-refractivity contribution is 5.79. The summed E-state index contributed by atoms with van der Waals surface area (Å²) in [7, 11) is 0. The number of halogens is 3. The first-order chi connectivity index (χ1) is 23.7. The molecule has 0 atom stereocenters. The van der Waals surface area contributed by atoms with Crippen molar-refractivity contribution in [1.29, 1.82) is 0 Å². The highest BCUT2D eigenvalue weighted by Crippen LogP contribution is 2.37. The molecule has 0 aliphatic heterocycles. The Hall–Kier alpha value is -7.23. The largest absolute Gasteiger partial charge is 0.416 e. The molecule has 0 radical (unpaired) electrons. The van der Waals surface area contributed by atoms with Crippen molar-refractivity contribution in [1.82, 2.24) is 0 Å². The second kappa shape index (κ2) is 17.6. The van der Waals surface area contributed by atoms with Crippen LogP contribution in [0.25, 0.3) is 22.3 Å². The predicted octanol–water partition coefficient (Wildman–Crippen LogP) is 0.539. The van der Waals surface area contributed by atoms with E-state index in [1.54, 1.807) is 42.5 Å². The molecule has 3 rings (SSSR count). The number of rotatable bonds is 6. The van der Waals surface area contributed by atoms with Gasteiger partial charge in [0.2, 0.25) is 0 Å². The quantitative estimate of drug-likeness (QED) is 0.103. The van der Waals surface area contributed by atoms with Crippen LogP contribution in [0.15, 0.2) is 74.6 Å². The maximum Gasteiger partial charge on any atom is 0.416 e. The Morgan fingerprint density at radius 2 is 0.680 bits per heavy atom.